The normalized spacial score (nSPS) is 11.8. The fraction of sp³-hybridized carbons (Fsp3) is 0.273. The van der Waals surface area contributed by atoms with Crippen molar-refractivity contribution in [2.24, 2.45) is 0 Å². The van der Waals surface area contributed by atoms with Crippen LogP contribution in [0.15, 0.2) is 30.3 Å². The van der Waals surface area contributed by atoms with Gasteiger partial charge in [-0.15, -0.1) is 0 Å². The number of aliphatic hydroxyl groups excluding tert-OH is 1. The first kappa shape index (κ1) is 12.2. The number of ether oxygens (including phenoxy) is 1. The largest absolute Gasteiger partial charge is 0.479 e. The Kier molecular flexibility index (Phi) is 4.47. The molecule has 0 aromatic heterocycles. The molecule has 0 radical (unpaired) electrons. The molecule has 0 aliphatic rings. The molecule has 5 heteroatoms. The maximum atomic E-state index is 11.1. The topological polar surface area (TPSA) is 83.8 Å². The van der Waals surface area contributed by atoms with Gasteiger partial charge in [0.15, 0.2) is 6.10 Å². The average Bonchev–Trinajstić information content (AvgIpc) is 2.27. The molecule has 1 rings (SSSR count). The third-order valence-electron chi connectivity index (χ3n) is 1.89. The van der Waals surface area contributed by atoms with Crippen LogP contribution in [-0.2, 0) is 20.9 Å². The number of aliphatic hydroxyl groups is 1. The first-order chi connectivity index (χ1) is 7.59. The molecule has 5 nitrogen and oxygen atoms in total. The first-order valence-corrected chi connectivity index (χ1v) is 4.70. The van der Waals surface area contributed by atoms with Crippen LogP contribution in [0.1, 0.15) is 12.0 Å². The maximum absolute atomic E-state index is 11.1. The Bertz CT molecular complexity index is 360. The van der Waals surface area contributed by atoms with Crippen molar-refractivity contribution in [1.82, 2.24) is 0 Å². The van der Waals surface area contributed by atoms with Crippen molar-refractivity contribution < 1.29 is 24.5 Å². The molecule has 0 aliphatic heterocycles. The molecular formula is C11H12O5. The second-order valence-electron chi connectivity index (χ2n) is 3.20. The van der Waals surface area contributed by atoms with Gasteiger partial charge in [-0.1, -0.05) is 30.3 Å². The van der Waals surface area contributed by atoms with Gasteiger partial charge < -0.3 is 14.9 Å². The number of carboxylic acids is 1. The lowest BCUT2D eigenvalue weighted by Crippen LogP contribution is -2.24. The van der Waals surface area contributed by atoms with E-state index in [1.807, 2.05) is 6.07 Å². The molecule has 0 amide bonds. The van der Waals surface area contributed by atoms with E-state index in [2.05, 4.69) is 0 Å². The molecule has 1 aromatic carbocycles. The van der Waals surface area contributed by atoms with Crippen molar-refractivity contribution in [2.75, 3.05) is 0 Å². The van der Waals surface area contributed by atoms with Gasteiger partial charge in [-0.05, 0) is 5.56 Å². The van der Waals surface area contributed by atoms with Gasteiger partial charge in [0.25, 0.3) is 0 Å². The van der Waals surface area contributed by atoms with E-state index in [-0.39, 0.29) is 6.61 Å². The van der Waals surface area contributed by atoms with Crippen LogP contribution in [0.25, 0.3) is 0 Å². The molecule has 0 fully saturated rings. The number of benzene rings is 1. The molecule has 0 saturated heterocycles. The predicted octanol–water partition coefficient (Wildman–Crippen LogP) is 0.565. The lowest BCUT2D eigenvalue weighted by Gasteiger charge is -2.06. The number of carbonyl (C=O) groups is 2. The van der Waals surface area contributed by atoms with Crippen molar-refractivity contribution in [3.05, 3.63) is 35.9 Å². The molecule has 16 heavy (non-hydrogen) atoms. The minimum atomic E-state index is -1.71. The Morgan fingerprint density at radius 2 is 1.88 bits per heavy atom. The van der Waals surface area contributed by atoms with Crippen molar-refractivity contribution in [3.8, 4) is 0 Å². The Balaban J connectivity index is 2.33. The van der Waals surface area contributed by atoms with Gasteiger partial charge in [-0.2, -0.15) is 0 Å². The van der Waals surface area contributed by atoms with Gasteiger partial charge in [0.1, 0.15) is 6.61 Å². The Hall–Kier alpha value is -1.88. The van der Waals surface area contributed by atoms with Crippen LogP contribution in [0, 0.1) is 0 Å². The summed E-state index contributed by atoms with van der Waals surface area (Å²) in [7, 11) is 0. The molecule has 0 bridgehead atoms. The number of esters is 1. The molecule has 0 saturated carbocycles. The summed E-state index contributed by atoms with van der Waals surface area (Å²) in [4.78, 5) is 21.3. The van der Waals surface area contributed by atoms with Crippen LogP contribution in [0.4, 0.5) is 0 Å². The van der Waals surface area contributed by atoms with Crippen LogP contribution in [-0.4, -0.2) is 28.3 Å². The first-order valence-electron chi connectivity index (χ1n) is 4.70. The fourth-order valence-corrected chi connectivity index (χ4v) is 1.04. The van der Waals surface area contributed by atoms with Crippen molar-refractivity contribution in [1.29, 1.82) is 0 Å². The Morgan fingerprint density at radius 3 is 2.44 bits per heavy atom. The summed E-state index contributed by atoms with van der Waals surface area (Å²) in [6.07, 6.45) is -2.24. The summed E-state index contributed by atoms with van der Waals surface area (Å²) in [5, 5.41) is 17.3. The van der Waals surface area contributed by atoms with E-state index in [4.69, 9.17) is 14.9 Å². The van der Waals surface area contributed by atoms with Crippen molar-refractivity contribution in [2.45, 2.75) is 19.1 Å². The van der Waals surface area contributed by atoms with Crippen LogP contribution in [0.5, 0.6) is 0 Å². The highest BCUT2D eigenvalue weighted by Crippen LogP contribution is 2.03. The Labute approximate surface area is 92.3 Å². The van der Waals surface area contributed by atoms with Crippen LogP contribution in [0.2, 0.25) is 0 Å². The van der Waals surface area contributed by atoms with Crippen molar-refractivity contribution >= 4 is 11.9 Å². The second-order valence-corrected chi connectivity index (χ2v) is 3.20. The standard InChI is InChI=1S/C11H12O5/c12-9(11(14)15)6-10(13)16-7-8-4-2-1-3-5-8/h1-5,9,12H,6-7H2,(H,14,15). The van der Waals surface area contributed by atoms with Gasteiger partial charge in [-0.25, -0.2) is 4.79 Å². The van der Waals surface area contributed by atoms with E-state index < -0.39 is 24.5 Å². The molecule has 0 aliphatic carbocycles. The molecular weight excluding hydrogens is 212 g/mol. The lowest BCUT2D eigenvalue weighted by molar-refractivity contribution is -0.156. The van der Waals surface area contributed by atoms with Crippen LogP contribution < -0.4 is 0 Å². The van der Waals surface area contributed by atoms with E-state index in [1.54, 1.807) is 24.3 Å². The molecule has 1 aromatic rings. The van der Waals surface area contributed by atoms with E-state index >= 15 is 0 Å². The maximum Gasteiger partial charge on any atom is 0.333 e. The van der Waals surface area contributed by atoms with Gasteiger partial charge >= 0.3 is 11.9 Å². The summed E-state index contributed by atoms with van der Waals surface area (Å²) < 4.78 is 4.79. The SMILES string of the molecule is O=C(CC(O)C(=O)O)OCc1ccccc1. The van der Waals surface area contributed by atoms with Gasteiger partial charge in [0, 0.05) is 0 Å². The summed E-state index contributed by atoms with van der Waals surface area (Å²) in [5.74, 6) is -2.17. The monoisotopic (exact) mass is 224 g/mol. The summed E-state index contributed by atoms with van der Waals surface area (Å²) in [6.45, 7) is 0.0754. The number of carbonyl (C=O) groups excluding carboxylic acids is 1. The third kappa shape index (κ3) is 4.10. The van der Waals surface area contributed by atoms with Gasteiger partial charge in [0.05, 0.1) is 6.42 Å². The van der Waals surface area contributed by atoms with E-state index in [1.165, 1.54) is 0 Å². The summed E-state index contributed by atoms with van der Waals surface area (Å²) in [6, 6.07) is 8.99. The van der Waals surface area contributed by atoms with Crippen LogP contribution in [0.3, 0.4) is 0 Å². The highest BCUT2D eigenvalue weighted by atomic mass is 16.5. The molecule has 0 heterocycles. The van der Waals surface area contributed by atoms with Crippen LogP contribution >= 0.6 is 0 Å². The minimum absolute atomic E-state index is 0.0754. The summed E-state index contributed by atoms with van der Waals surface area (Å²) in [5.41, 5.74) is 0.806. The fourth-order valence-electron chi connectivity index (χ4n) is 1.04. The van der Waals surface area contributed by atoms with Gasteiger partial charge in [0.2, 0.25) is 0 Å². The molecule has 2 N–H and O–H groups in total. The molecule has 86 valence electrons. The second kappa shape index (κ2) is 5.87. The zero-order valence-electron chi connectivity index (χ0n) is 8.50. The number of rotatable bonds is 5. The zero-order valence-corrected chi connectivity index (χ0v) is 8.50. The third-order valence-corrected chi connectivity index (χ3v) is 1.89. The average molecular weight is 224 g/mol. The minimum Gasteiger partial charge on any atom is -0.479 e. The molecule has 0 spiro atoms. The zero-order chi connectivity index (χ0) is 12.0. The highest BCUT2D eigenvalue weighted by Gasteiger charge is 2.18. The number of hydrogen-bond donors (Lipinski definition) is 2. The van der Waals surface area contributed by atoms with E-state index in [9.17, 15) is 9.59 Å². The lowest BCUT2D eigenvalue weighted by atomic mass is 10.2. The van der Waals surface area contributed by atoms with Gasteiger partial charge in [-0.3, -0.25) is 4.79 Å². The van der Waals surface area contributed by atoms with Crippen molar-refractivity contribution in [3.63, 3.8) is 0 Å². The number of aliphatic carboxylic acids is 1. The number of hydrogen-bond acceptors (Lipinski definition) is 4. The van der Waals surface area contributed by atoms with E-state index in [0.717, 1.165) is 5.56 Å². The number of carboxylic acid groups (broad SMARTS) is 1. The Morgan fingerprint density at radius 1 is 1.25 bits per heavy atom. The smallest absolute Gasteiger partial charge is 0.333 e. The highest BCUT2D eigenvalue weighted by molar-refractivity contribution is 5.80. The summed E-state index contributed by atoms with van der Waals surface area (Å²) >= 11 is 0. The molecule has 1 unspecified atom stereocenters. The quantitative estimate of drug-likeness (QED) is 0.714. The predicted molar refractivity (Wildman–Crippen MR) is 54.5 cm³/mol. The van der Waals surface area contributed by atoms with E-state index in [0.29, 0.717) is 0 Å². The molecule has 1 atom stereocenters.